The van der Waals surface area contributed by atoms with E-state index in [2.05, 4.69) is 0 Å². The minimum absolute atomic E-state index is 0.185. The third-order valence-electron chi connectivity index (χ3n) is 2.80. The second-order valence-electron chi connectivity index (χ2n) is 3.45. The normalized spacial score (nSPS) is 33.6. The highest BCUT2D eigenvalue weighted by molar-refractivity contribution is 5.87. The molecule has 0 aromatic heterocycles. The summed E-state index contributed by atoms with van der Waals surface area (Å²) in [5.74, 6) is 0.203. The van der Waals surface area contributed by atoms with Crippen LogP contribution in [0.25, 0.3) is 0 Å². The van der Waals surface area contributed by atoms with Gasteiger partial charge in [-0.25, -0.2) is 0 Å². The van der Waals surface area contributed by atoms with E-state index in [0.29, 0.717) is 6.42 Å². The summed E-state index contributed by atoms with van der Waals surface area (Å²) in [6, 6.07) is 0. The third-order valence-corrected chi connectivity index (χ3v) is 2.80. The van der Waals surface area contributed by atoms with Crippen LogP contribution in [0, 0.1) is 0 Å². The van der Waals surface area contributed by atoms with Crippen LogP contribution in [-0.2, 0) is 14.3 Å². The summed E-state index contributed by atoms with van der Waals surface area (Å²) < 4.78 is 10.7. The zero-order valence-electron chi connectivity index (χ0n) is 8.63. The second-order valence-corrected chi connectivity index (χ2v) is 3.45. The van der Waals surface area contributed by atoms with E-state index in [-0.39, 0.29) is 12.1 Å². The van der Waals surface area contributed by atoms with Gasteiger partial charge in [0.2, 0.25) is 0 Å². The van der Waals surface area contributed by atoms with Crippen molar-refractivity contribution < 1.29 is 14.3 Å². The molecule has 1 heterocycles. The van der Waals surface area contributed by atoms with Crippen molar-refractivity contribution in [2.75, 3.05) is 7.11 Å². The number of hydrogen-bond donors (Lipinski definition) is 0. The van der Waals surface area contributed by atoms with E-state index in [0.717, 1.165) is 19.3 Å². The first-order chi connectivity index (χ1) is 6.18. The van der Waals surface area contributed by atoms with E-state index in [1.165, 1.54) is 0 Å². The third kappa shape index (κ3) is 1.92. The summed E-state index contributed by atoms with van der Waals surface area (Å²) >= 11 is 0. The van der Waals surface area contributed by atoms with E-state index < -0.39 is 5.60 Å². The molecule has 0 saturated carbocycles. The number of rotatable bonds is 4. The van der Waals surface area contributed by atoms with Gasteiger partial charge in [0.05, 0.1) is 0 Å². The van der Waals surface area contributed by atoms with Gasteiger partial charge in [0.1, 0.15) is 5.60 Å². The predicted octanol–water partition coefficient (Wildman–Crippen LogP) is 1.90. The van der Waals surface area contributed by atoms with Gasteiger partial charge < -0.3 is 9.47 Å². The Morgan fingerprint density at radius 3 is 2.69 bits per heavy atom. The molecular formula is C10H18O3. The van der Waals surface area contributed by atoms with Crippen molar-refractivity contribution in [2.24, 2.45) is 0 Å². The van der Waals surface area contributed by atoms with Gasteiger partial charge >= 0.3 is 0 Å². The lowest BCUT2D eigenvalue weighted by atomic mass is 9.90. The largest absolute Gasteiger partial charge is 0.356 e. The highest BCUT2D eigenvalue weighted by atomic mass is 16.7. The molecule has 0 aromatic carbocycles. The molecular weight excluding hydrogens is 168 g/mol. The van der Waals surface area contributed by atoms with Gasteiger partial charge in [-0.05, 0) is 12.8 Å². The molecule has 76 valence electrons. The minimum atomic E-state index is -0.546. The summed E-state index contributed by atoms with van der Waals surface area (Å²) in [7, 11) is 1.62. The van der Waals surface area contributed by atoms with Crippen molar-refractivity contribution in [1.82, 2.24) is 0 Å². The number of ketones is 1. The average Bonchev–Trinajstić information content (AvgIpc) is 2.61. The Kier molecular flexibility index (Phi) is 3.45. The number of ether oxygens (including phenoxy) is 2. The van der Waals surface area contributed by atoms with Gasteiger partial charge in [-0.1, -0.05) is 13.8 Å². The Hall–Kier alpha value is -0.410. The summed E-state index contributed by atoms with van der Waals surface area (Å²) in [5.41, 5.74) is -0.546. The number of carbonyl (C=O) groups excluding carboxylic acids is 1. The van der Waals surface area contributed by atoms with Crippen LogP contribution in [0.15, 0.2) is 0 Å². The molecule has 1 aliphatic rings. The predicted molar refractivity (Wildman–Crippen MR) is 49.4 cm³/mol. The first kappa shape index (κ1) is 10.7. The Morgan fingerprint density at radius 1 is 1.62 bits per heavy atom. The van der Waals surface area contributed by atoms with Crippen LogP contribution in [-0.4, -0.2) is 24.8 Å². The van der Waals surface area contributed by atoms with Crippen LogP contribution >= 0.6 is 0 Å². The Morgan fingerprint density at radius 2 is 2.31 bits per heavy atom. The number of Topliss-reactive ketones (excluding diaryl/α,β-unsaturated/α-hetero) is 1. The van der Waals surface area contributed by atoms with Crippen molar-refractivity contribution in [3.8, 4) is 0 Å². The van der Waals surface area contributed by atoms with Crippen LogP contribution in [0.5, 0.6) is 0 Å². The summed E-state index contributed by atoms with van der Waals surface area (Å²) in [6.07, 6.45) is 2.74. The van der Waals surface area contributed by atoms with Gasteiger partial charge in [-0.2, -0.15) is 0 Å². The molecule has 1 fully saturated rings. The van der Waals surface area contributed by atoms with Crippen LogP contribution in [0.2, 0.25) is 0 Å². The molecule has 13 heavy (non-hydrogen) atoms. The molecule has 2 unspecified atom stereocenters. The number of carbonyl (C=O) groups is 1. The smallest absolute Gasteiger partial charge is 0.164 e. The standard InChI is InChI=1S/C10H18O3/c1-4-8(11)10(5-2)7-6-9(12-3)13-10/h9H,4-7H2,1-3H3. The lowest BCUT2D eigenvalue weighted by Gasteiger charge is -2.25. The average molecular weight is 186 g/mol. The molecule has 0 spiro atoms. The summed E-state index contributed by atoms with van der Waals surface area (Å²) in [4.78, 5) is 11.6. The Bertz CT molecular complexity index is 191. The van der Waals surface area contributed by atoms with Gasteiger partial charge in [0.15, 0.2) is 12.1 Å². The molecule has 3 heteroatoms. The monoisotopic (exact) mass is 186 g/mol. The molecule has 3 nitrogen and oxygen atoms in total. The maximum atomic E-state index is 11.6. The van der Waals surface area contributed by atoms with E-state index in [9.17, 15) is 4.79 Å². The fourth-order valence-corrected chi connectivity index (χ4v) is 1.87. The van der Waals surface area contributed by atoms with Gasteiger partial charge in [-0.3, -0.25) is 4.79 Å². The lowest BCUT2D eigenvalue weighted by molar-refractivity contribution is -0.171. The highest BCUT2D eigenvalue weighted by Gasteiger charge is 2.43. The maximum Gasteiger partial charge on any atom is 0.164 e. The molecule has 1 aliphatic heterocycles. The first-order valence-corrected chi connectivity index (χ1v) is 4.92. The van der Waals surface area contributed by atoms with Crippen LogP contribution in [0.1, 0.15) is 39.5 Å². The van der Waals surface area contributed by atoms with Crippen molar-refractivity contribution >= 4 is 5.78 Å². The molecule has 0 amide bonds. The van der Waals surface area contributed by atoms with Crippen molar-refractivity contribution in [1.29, 1.82) is 0 Å². The van der Waals surface area contributed by atoms with E-state index in [1.807, 2.05) is 13.8 Å². The van der Waals surface area contributed by atoms with Crippen molar-refractivity contribution in [3.63, 3.8) is 0 Å². The van der Waals surface area contributed by atoms with E-state index in [1.54, 1.807) is 7.11 Å². The Balaban J connectivity index is 2.67. The minimum Gasteiger partial charge on any atom is -0.356 e. The second kappa shape index (κ2) is 4.20. The zero-order chi connectivity index (χ0) is 9.90. The fourth-order valence-electron chi connectivity index (χ4n) is 1.87. The molecule has 1 rings (SSSR count). The molecule has 2 atom stereocenters. The van der Waals surface area contributed by atoms with E-state index >= 15 is 0 Å². The molecule has 0 N–H and O–H groups in total. The molecule has 0 aromatic rings. The van der Waals surface area contributed by atoms with Crippen molar-refractivity contribution in [2.45, 2.75) is 51.4 Å². The molecule has 0 aliphatic carbocycles. The quantitative estimate of drug-likeness (QED) is 0.672. The van der Waals surface area contributed by atoms with Crippen LogP contribution in [0.4, 0.5) is 0 Å². The first-order valence-electron chi connectivity index (χ1n) is 4.92. The Labute approximate surface area is 79.4 Å². The number of methoxy groups -OCH3 is 1. The lowest BCUT2D eigenvalue weighted by Crippen LogP contribution is -2.38. The molecule has 1 saturated heterocycles. The molecule has 0 radical (unpaired) electrons. The maximum absolute atomic E-state index is 11.6. The summed E-state index contributed by atoms with van der Waals surface area (Å²) in [5, 5.41) is 0. The number of hydrogen-bond acceptors (Lipinski definition) is 3. The summed E-state index contributed by atoms with van der Waals surface area (Å²) in [6.45, 7) is 3.87. The van der Waals surface area contributed by atoms with Gasteiger partial charge in [-0.15, -0.1) is 0 Å². The molecule has 0 bridgehead atoms. The topological polar surface area (TPSA) is 35.5 Å². The SMILES string of the molecule is CCC(=O)C1(CC)CCC(OC)O1. The van der Waals surface area contributed by atoms with Crippen LogP contribution < -0.4 is 0 Å². The highest BCUT2D eigenvalue weighted by Crippen LogP contribution is 2.35. The van der Waals surface area contributed by atoms with Gasteiger partial charge in [0.25, 0.3) is 0 Å². The van der Waals surface area contributed by atoms with Crippen LogP contribution in [0.3, 0.4) is 0 Å². The van der Waals surface area contributed by atoms with Crippen molar-refractivity contribution in [3.05, 3.63) is 0 Å². The zero-order valence-corrected chi connectivity index (χ0v) is 8.63. The fraction of sp³-hybridized carbons (Fsp3) is 0.900. The van der Waals surface area contributed by atoms with Gasteiger partial charge in [0, 0.05) is 20.0 Å². The van der Waals surface area contributed by atoms with E-state index in [4.69, 9.17) is 9.47 Å².